The summed E-state index contributed by atoms with van der Waals surface area (Å²) >= 11 is 0. The van der Waals surface area contributed by atoms with E-state index in [4.69, 9.17) is 15.4 Å². The summed E-state index contributed by atoms with van der Waals surface area (Å²) in [5.41, 5.74) is 4.05. The molecule has 3 saturated heterocycles. The molecule has 9 nitrogen and oxygen atoms in total. The summed E-state index contributed by atoms with van der Waals surface area (Å²) in [7, 11) is 0. The molecule has 10 heteroatoms. The van der Waals surface area contributed by atoms with E-state index in [0.29, 0.717) is 36.0 Å². The number of rotatable bonds is 7. The Labute approximate surface area is 228 Å². The molecule has 5 N–H and O–H groups in total. The smallest absolute Gasteiger partial charge is 0.232 e. The van der Waals surface area contributed by atoms with Crippen LogP contribution in [0.4, 0.5) is 15.8 Å². The van der Waals surface area contributed by atoms with Gasteiger partial charge in [0.2, 0.25) is 5.91 Å². The highest BCUT2D eigenvalue weighted by atomic mass is 19.1. The van der Waals surface area contributed by atoms with Gasteiger partial charge in [0.05, 0.1) is 24.5 Å². The van der Waals surface area contributed by atoms with Gasteiger partial charge < -0.3 is 19.7 Å². The molecule has 0 radical (unpaired) electrons. The van der Waals surface area contributed by atoms with E-state index in [1.807, 2.05) is 12.1 Å². The van der Waals surface area contributed by atoms with Crippen molar-refractivity contribution in [2.24, 2.45) is 0 Å². The molecule has 1 unspecified atom stereocenters. The van der Waals surface area contributed by atoms with E-state index in [2.05, 4.69) is 27.2 Å². The first-order valence-corrected chi connectivity index (χ1v) is 13.6. The minimum absolute atomic E-state index is 0.0752. The third-order valence-electron chi connectivity index (χ3n) is 7.49. The molecule has 210 valence electrons. The van der Waals surface area contributed by atoms with E-state index in [-0.39, 0.29) is 36.1 Å². The molecule has 1 amide bonds. The molecule has 3 heterocycles. The third-order valence-corrected chi connectivity index (χ3v) is 7.49. The zero-order chi connectivity index (χ0) is 27.9. The van der Waals surface area contributed by atoms with Crippen molar-refractivity contribution >= 4 is 28.9 Å². The summed E-state index contributed by atoms with van der Waals surface area (Å²) in [6.45, 7) is 7.25. The van der Waals surface area contributed by atoms with Gasteiger partial charge in [0, 0.05) is 62.0 Å². The lowest BCUT2D eigenvalue weighted by Gasteiger charge is -2.48. The highest BCUT2D eigenvalue weighted by Crippen LogP contribution is 2.30. The number of halogens is 1. The van der Waals surface area contributed by atoms with E-state index < -0.39 is 0 Å². The van der Waals surface area contributed by atoms with Gasteiger partial charge in [-0.05, 0) is 56.9 Å². The fraction of sp³-hybridized carbons (Fsp3) is 0.483. The van der Waals surface area contributed by atoms with Crippen LogP contribution in [-0.2, 0) is 20.9 Å². The Morgan fingerprint density at radius 1 is 1.13 bits per heavy atom. The Morgan fingerprint density at radius 2 is 1.79 bits per heavy atom. The van der Waals surface area contributed by atoms with E-state index in [0.717, 1.165) is 50.1 Å². The van der Waals surface area contributed by atoms with E-state index in [9.17, 15) is 14.0 Å². The van der Waals surface area contributed by atoms with E-state index in [1.54, 1.807) is 12.1 Å². The highest BCUT2D eigenvalue weighted by molar-refractivity contribution is 6.02. The van der Waals surface area contributed by atoms with Gasteiger partial charge in [-0.25, -0.2) is 9.60 Å². The highest BCUT2D eigenvalue weighted by Gasteiger charge is 2.34. The van der Waals surface area contributed by atoms with Gasteiger partial charge >= 0.3 is 0 Å². The molecule has 2 aromatic rings. The van der Waals surface area contributed by atoms with Crippen LogP contribution < -0.4 is 15.7 Å². The molecule has 3 aliphatic rings. The topological polar surface area (TPSA) is 123 Å². The number of nitrogens with zero attached hydrogens (tertiary/aromatic N) is 2. The average Bonchev–Trinajstić information content (AvgIpc) is 2.88. The minimum atomic E-state index is -0.352. The second-order valence-corrected chi connectivity index (χ2v) is 10.6. The van der Waals surface area contributed by atoms with Crippen molar-refractivity contribution in [3.63, 3.8) is 0 Å². The number of amides is 1. The number of Topliss-reactive ketones (excluding diaryl/α,β-unsaturated/α-hetero) is 1. The molecule has 3 aliphatic heterocycles. The monoisotopic (exact) mass is 540 g/mol. The zero-order valence-corrected chi connectivity index (χ0v) is 22.7. The maximum absolute atomic E-state index is 14.1. The van der Waals surface area contributed by atoms with Crippen LogP contribution in [0.1, 0.15) is 56.6 Å². The second kappa shape index (κ2) is 13.3. The van der Waals surface area contributed by atoms with Crippen molar-refractivity contribution < 1.29 is 29.4 Å². The lowest BCUT2D eigenvalue weighted by molar-refractivity contribution is -0.825. The third kappa shape index (κ3) is 7.69. The molecule has 3 fully saturated rings. The molecule has 39 heavy (non-hydrogen) atoms. The quantitative estimate of drug-likeness (QED) is 0.317. The van der Waals surface area contributed by atoms with Crippen molar-refractivity contribution in [2.45, 2.75) is 64.2 Å². The van der Waals surface area contributed by atoms with Crippen LogP contribution in [0.25, 0.3) is 0 Å². The zero-order valence-electron chi connectivity index (χ0n) is 22.7. The fourth-order valence-electron chi connectivity index (χ4n) is 5.23. The molecule has 0 bridgehead atoms. The van der Waals surface area contributed by atoms with Gasteiger partial charge in [-0.2, -0.15) is 5.48 Å². The van der Waals surface area contributed by atoms with Crippen LogP contribution >= 0.6 is 0 Å². The van der Waals surface area contributed by atoms with Crippen LogP contribution in [0.5, 0.6) is 0 Å². The summed E-state index contributed by atoms with van der Waals surface area (Å²) in [5, 5.41) is 19.3. The van der Waals surface area contributed by atoms with Crippen LogP contribution in [0.3, 0.4) is 0 Å². The van der Waals surface area contributed by atoms with Crippen molar-refractivity contribution in [3.8, 4) is 0 Å². The Kier molecular flexibility index (Phi) is 9.79. The van der Waals surface area contributed by atoms with E-state index in [1.165, 1.54) is 25.6 Å². The molecular formula is C29H39FN5O4+. The Balaban J connectivity index is 0.000000826. The summed E-state index contributed by atoms with van der Waals surface area (Å²) in [6.07, 6.45) is 3.33. The first kappa shape index (κ1) is 28.8. The summed E-state index contributed by atoms with van der Waals surface area (Å²) in [6, 6.07) is 13.5. The first-order chi connectivity index (χ1) is 18.7. The fourth-order valence-corrected chi connectivity index (χ4v) is 5.23. The number of ketones is 1. The van der Waals surface area contributed by atoms with E-state index >= 15 is 0 Å². The summed E-state index contributed by atoms with van der Waals surface area (Å²) < 4.78 is 20.1. The largest absolute Gasteiger partial charge is 0.373 e. The number of carbonyl (C=O) groups excluding carboxylic acids is 2. The number of benzene rings is 2. The first-order valence-electron chi connectivity index (χ1n) is 13.6. The summed E-state index contributed by atoms with van der Waals surface area (Å²) in [5.74, 6) is -0.115. The van der Waals surface area contributed by atoms with Gasteiger partial charge in [-0.1, -0.05) is 12.1 Å². The standard InChI is InChI=1S/C26H32FN5O3.C3H6O/c27-24-13-19(30-34)4-1-18(24)16-35-22-9-11-31(12-10-22)21-14-32(15-21)20-5-2-17(3-6-20)23-7-8-25(28)29-26(23)33;1-3(2)4/h1-6,13,21-23,30,34H,7-12,14-16H2,(H2,28,29,33);1-2H3/p+1. The number of nitrogens with one attached hydrogen (secondary N) is 2. The molecule has 2 aromatic carbocycles. The van der Waals surface area contributed by atoms with Crippen molar-refractivity contribution in [2.75, 3.05) is 31.1 Å². The van der Waals surface area contributed by atoms with Gasteiger partial charge in [0.15, 0.2) is 5.69 Å². The SMILES string of the molecule is CC(C)=O.N=C1CCC(c2ccc(N3CC(N4CCC(OCc5ccc([NH2+]O)cc5F)CC4)C3)cc2)C(=O)N1. The number of anilines is 1. The predicted molar refractivity (Wildman–Crippen MR) is 146 cm³/mol. The molecule has 1 atom stereocenters. The van der Waals surface area contributed by atoms with Gasteiger partial charge in [-0.15, -0.1) is 0 Å². The van der Waals surface area contributed by atoms with Crippen LogP contribution in [0.15, 0.2) is 42.5 Å². The number of piperidine rings is 2. The molecule has 0 aromatic heterocycles. The average molecular weight is 541 g/mol. The molecule has 0 spiro atoms. The molecule has 0 aliphatic carbocycles. The van der Waals surface area contributed by atoms with Gasteiger partial charge in [-0.3, -0.25) is 15.1 Å². The van der Waals surface area contributed by atoms with Gasteiger partial charge in [0.25, 0.3) is 0 Å². The lowest BCUT2D eigenvalue weighted by Crippen LogP contribution is -2.73. The Hall–Kier alpha value is -3.18. The molecule has 5 rings (SSSR count). The Morgan fingerprint density at radius 3 is 2.38 bits per heavy atom. The molecule has 0 saturated carbocycles. The summed E-state index contributed by atoms with van der Waals surface area (Å²) in [4.78, 5) is 26.5. The number of hydrogen-bond acceptors (Lipinski definition) is 7. The number of likely N-dealkylation sites (tertiary alicyclic amines) is 1. The number of ether oxygens (including phenoxy) is 1. The van der Waals surface area contributed by atoms with Crippen LogP contribution in [-0.4, -0.2) is 66.0 Å². The van der Waals surface area contributed by atoms with Gasteiger partial charge in [0.1, 0.15) is 11.6 Å². The number of quaternary nitrogens is 1. The van der Waals surface area contributed by atoms with Crippen molar-refractivity contribution in [1.82, 2.24) is 10.2 Å². The maximum atomic E-state index is 14.1. The lowest BCUT2D eigenvalue weighted by atomic mass is 9.90. The maximum Gasteiger partial charge on any atom is 0.232 e. The Bertz CT molecular complexity index is 1160. The number of hydrogen-bond donors (Lipinski definition) is 4. The van der Waals surface area contributed by atoms with Crippen molar-refractivity contribution in [1.29, 1.82) is 5.41 Å². The number of carbonyl (C=O) groups is 2. The number of nitrogens with two attached hydrogens (primary N) is 1. The van der Waals surface area contributed by atoms with Crippen LogP contribution in [0, 0.1) is 11.2 Å². The number of amidine groups is 1. The van der Waals surface area contributed by atoms with Crippen molar-refractivity contribution in [3.05, 3.63) is 59.4 Å². The molecular weight excluding hydrogens is 501 g/mol. The minimum Gasteiger partial charge on any atom is -0.373 e. The normalized spacial score (nSPS) is 20.6. The second-order valence-electron chi connectivity index (χ2n) is 10.6. The predicted octanol–water partition coefficient (Wildman–Crippen LogP) is 2.85. The van der Waals surface area contributed by atoms with Crippen LogP contribution in [0.2, 0.25) is 0 Å².